The van der Waals surface area contributed by atoms with Gasteiger partial charge in [-0.2, -0.15) is 5.10 Å². The Morgan fingerprint density at radius 1 is 1.12 bits per heavy atom. The summed E-state index contributed by atoms with van der Waals surface area (Å²) in [7, 11) is 0. The summed E-state index contributed by atoms with van der Waals surface area (Å²) < 4.78 is 0. The van der Waals surface area contributed by atoms with Gasteiger partial charge in [-0.3, -0.25) is 0 Å². The number of hydrogen-bond acceptors (Lipinski definition) is 4. The zero-order chi connectivity index (χ0) is 11.7. The number of rotatable bonds is 1. The molecule has 0 fully saturated rings. The van der Waals surface area contributed by atoms with Crippen molar-refractivity contribution in [1.29, 1.82) is 0 Å². The molecule has 0 saturated carbocycles. The number of nitrogens with two attached hydrogens (primary N) is 1. The standard InChI is InChI=1S/C11H11ClN4/c1-6-7(2)15-16-11(14-6)9-4-3-8(13)5-10(9)12/h3-5H,13H2,1-2H3. The molecule has 16 heavy (non-hydrogen) atoms. The third-order valence-corrected chi connectivity index (χ3v) is 2.64. The molecule has 0 bridgehead atoms. The molecular formula is C11H11ClN4. The highest BCUT2D eigenvalue weighted by molar-refractivity contribution is 6.33. The summed E-state index contributed by atoms with van der Waals surface area (Å²) in [6.07, 6.45) is 0. The van der Waals surface area contributed by atoms with E-state index in [2.05, 4.69) is 15.2 Å². The van der Waals surface area contributed by atoms with E-state index in [4.69, 9.17) is 17.3 Å². The molecule has 1 heterocycles. The summed E-state index contributed by atoms with van der Waals surface area (Å²) >= 11 is 6.07. The van der Waals surface area contributed by atoms with Crippen LogP contribution in [0.25, 0.3) is 11.4 Å². The minimum absolute atomic E-state index is 0.521. The van der Waals surface area contributed by atoms with E-state index in [1.54, 1.807) is 18.2 Å². The van der Waals surface area contributed by atoms with Crippen molar-refractivity contribution in [1.82, 2.24) is 15.2 Å². The van der Waals surface area contributed by atoms with Crippen LogP contribution in [0, 0.1) is 13.8 Å². The maximum absolute atomic E-state index is 6.07. The van der Waals surface area contributed by atoms with Crippen LogP contribution < -0.4 is 5.73 Å². The van der Waals surface area contributed by atoms with E-state index < -0.39 is 0 Å². The normalized spacial score (nSPS) is 10.4. The smallest absolute Gasteiger partial charge is 0.183 e. The molecule has 2 N–H and O–H groups in total. The first-order chi connectivity index (χ1) is 7.58. The minimum atomic E-state index is 0.521. The molecule has 2 rings (SSSR count). The minimum Gasteiger partial charge on any atom is -0.399 e. The van der Waals surface area contributed by atoms with E-state index >= 15 is 0 Å². The Morgan fingerprint density at radius 3 is 2.50 bits per heavy atom. The van der Waals surface area contributed by atoms with Crippen LogP contribution in [0.5, 0.6) is 0 Å². The molecule has 2 aromatic rings. The van der Waals surface area contributed by atoms with E-state index in [0.717, 1.165) is 17.0 Å². The average molecular weight is 235 g/mol. The summed E-state index contributed by atoms with van der Waals surface area (Å²) in [6, 6.07) is 5.23. The molecule has 5 heteroatoms. The quantitative estimate of drug-likeness (QED) is 0.770. The van der Waals surface area contributed by atoms with Crippen molar-refractivity contribution in [2.75, 3.05) is 5.73 Å². The van der Waals surface area contributed by atoms with Gasteiger partial charge in [0.05, 0.1) is 16.4 Å². The van der Waals surface area contributed by atoms with Gasteiger partial charge in [-0.1, -0.05) is 11.6 Å². The molecule has 1 aromatic carbocycles. The lowest BCUT2D eigenvalue weighted by atomic mass is 10.2. The summed E-state index contributed by atoms with van der Waals surface area (Å²) in [5.41, 5.74) is 8.64. The molecular weight excluding hydrogens is 224 g/mol. The number of halogens is 1. The Labute approximate surface area is 98.5 Å². The molecule has 0 amide bonds. The molecule has 82 valence electrons. The Balaban J connectivity index is 2.54. The van der Waals surface area contributed by atoms with Gasteiger partial charge in [0.2, 0.25) is 0 Å². The Bertz CT molecular complexity index is 540. The first-order valence-corrected chi connectivity index (χ1v) is 5.19. The predicted octanol–water partition coefficient (Wildman–Crippen LogP) is 2.39. The monoisotopic (exact) mass is 234 g/mol. The number of hydrogen-bond donors (Lipinski definition) is 1. The van der Waals surface area contributed by atoms with Crippen LogP contribution in [0.15, 0.2) is 18.2 Å². The van der Waals surface area contributed by atoms with Crippen LogP contribution in [-0.2, 0) is 0 Å². The van der Waals surface area contributed by atoms with Gasteiger partial charge in [0.1, 0.15) is 0 Å². The van der Waals surface area contributed by atoms with E-state index in [1.807, 2.05) is 13.8 Å². The Hall–Kier alpha value is -1.68. The summed E-state index contributed by atoms with van der Waals surface area (Å²) in [6.45, 7) is 3.75. The van der Waals surface area contributed by atoms with Gasteiger partial charge in [0.15, 0.2) is 5.82 Å². The lowest BCUT2D eigenvalue weighted by Crippen LogP contribution is -1.99. The largest absolute Gasteiger partial charge is 0.399 e. The van der Waals surface area contributed by atoms with Crippen molar-refractivity contribution in [2.24, 2.45) is 0 Å². The number of anilines is 1. The molecule has 0 aliphatic heterocycles. The highest BCUT2D eigenvalue weighted by Crippen LogP contribution is 2.26. The zero-order valence-electron chi connectivity index (χ0n) is 9.03. The van der Waals surface area contributed by atoms with Crippen molar-refractivity contribution in [2.45, 2.75) is 13.8 Å². The lowest BCUT2D eigenvalue weighted by molar-refractivity contribution is 0.905. The Kier molecular flexibility index (Phi) is 2.75. The van der Waals surface area contributed by atoms with Crippen molar-refractivity contribution in [3.05, 3.63) is 34.6 Å². The molecule has 0 aliphatic rings. The topological polar surface area (TPSA) is 64.7 Å². The van der Waals surface area contributed by atoms with Crippen molar-refractivity contribution < 1.29 is 0 Å². The summed E-state index contributed by atoms with van der Waals surface area (Å²) in [4.78, 5) is 4.33. The highest BCUT2D eigenvalue weighted by Gasteiger charge is 2.08. The van der Waals surface area contributed by atoms with Crippen LogP contribution >= 0.6 is 11.6 Å². The number of nitrogens with zero attached hydrogens (tertiary/aromatic N) is 3. The van der Waals surface area contributed by atoms with Crippen LogP contribution in [-0.4, -0.2) is 15.2 Å². The maximum atomic E-state index is 6.07. The first-order valence-electron chi connectivity index (χ1n) is 4.81. The second-order valence-corrected chi connectivity index (χ2v) is 3.95. The molecule has 1 aromatic heterocycles. The van der Waals surface area contributed by atoms with Crippen molar-refractivity contribution in [3.63, 3.8) is 0 Å². The van der Waals surface area contributed by atoms with Gasteiger partial charge < -0.3 is 5.73 Å². The molecule has 4 nitrogen and oxygen atoms in total. The SMILES string of the molecule is Cc1nnc(-c2ccc(N)cc2Cl)nc1C. The van der Waals surface area contributed by atoms with Gasteiger partial charge in [0, 0.05) is 11.3 Å². The van der Waals surface area contributed by atoms with Gasteiger partial charge in [-0.05, 0) is 32.0 Å². The fourth-order valence-corrected chi connectivity index (χ4v) is 1.56. The lowest BCUT2D eigenvalue weighted by Gasteiger charge is -2.04. The molecule has 0 radical (unpaired) electrons. The van der Waals surface area contributed by atoms with Gasteiger partial charge >= 0.3 is 0 Å². The van der Waals surface area contributed by atoms with Crippen LogP contribution in [0.1, 0.15) is 11.4 Å². The number of aromatic nitrogens is 3. The predicted molar refractivity (Wildman–Crippen MR) is 64.2 cm³/mol. The zero-order valence-corrected chi connectivity index (χ0v) is 9.78. The van der Waals surface area contributed by atoms with E-state index in [0.29, 0.717) is 16.5 Å². The van der Waals surface area contributed by atoms with E-state index in [-0.39, 0.29) is 0 Å². The first kappa shape index (κ1) is 10.8. The number of nitrogen functional groups attached to an aromatic ring is 1. The fourth-order valence-electron chi connectivity index (χ4n) is 1.28. The second kappa shape index (κ2) is 4.06. The van der Waals surface area contributed by atoms with Crippen molar-refractivity contribution in [3.8, 4) is 11.4 Å². The van der Waals surface area contributed by atoms with Gasteiger partial charge in [-0.25, -0.2) is 4.98 Å². The van der Waals surface area contributed by atoms with Crippen LogP contribution in [0.2, 0.25) is 5.02 Å². The second-order valence-electron chi connectivity index (χ2n) is 3.55. The summed E-state index contributed by atoms with van der Waals surface area (Å²) in [5, 5.41) is 8.56. The van der Waals surface area contributed by atoms with E-state index in [9.17, 15) is 0 Å². The average Bonchev–Trinajstić information content (AvgIpc) is 2.22. The van der Waals surface area contributed by atoms with E-state index in [1.165, 1.54) is 0 Å². The Morgan fingerprint density at radius 2 is 1.88 bits per heavy atom. The number of benzene rings is 1. The third-order valence-electron chi connectivity index (χ3n) is 2.33. The molecule has 0 unspecified atom stereocenters. The van der Waals surface area contributed by atoms with Gasteiger partial charge in [0.25, 0.3) is 0 Å². The third kappa shape index (κ3) is 1.97. The molecule has 0 saturated heterocycles. The highest BCUT2D eigenvalue weighted by atomic mass is 35.5. The van der Waals surface area contributed by atoms with Crippen LogP contribution in [0.3, 0.4) is 0 Å². The van der Waals surface area contributed by atoms with Crippen LogP contribution in [0.4, 0.5) is 5.69 Å². The molecule has 0 atom stereocenters. The number of aryl methyl sites for hydroxylation is 2. The summed E-state index contributed by atoms with van der Waals surface area (Å²) in [5.74, 6) is 0.521. The molecule has 0 spiro atoms. The fraction of sp³-hybridized carbons (Fsp3) is 0.182. The van der Waals surface area contributed by atoms with Gasteiger partial charge in [-0.15, -0.1) is 5.10 Å². The van der Waals surface area contributed by atoms with Crippen molar-refractivity contribution >= 4 is 17.3 Å². The molecule has 0 aliphatic carbocycles. The maximum Gasteiger partial charge on any atom is 0.183 e.